The van der Waals surface area contributed by atoms with Crippen LogP contribution >= 0.6 is 0 Å². The van der Waals surface area contributed by atoms with Crippen molar-refractivity contribution in [1.29, 1.82) is 0 Å². The molecular formula is C15H21N3O3. The summed E-state index contributed by atoms with van der Waals surface area (Å²) in [5.41, 5.74) is -0.342. The Morgan fingerprint density at radius 3 is 2.43 bits per heavy atom. The highest BCUT2D eigenvalue weighted by atomic mass is 16.6. The quantitative estimate of drug-likeness (QED) is 0.625. The molecule has 1 aliphatic rings. The van der Waals surface area contributed by atoms with Gasteiger partial charge in [0.1, 0.15) is 11.9 Å². The first-order valence-electron chi connectivity index (χ1n) is 7.16. The number of ether oxygens (including phenoxy) is 1. The Hall–Kier alpha value is -1.98. The second kappa shape index (κ2) is 6.20. The molecule has 114 valence electrons. The molecule has 0 amide bonds. The molecule has 0 unspecified atom stereocenters. The van der Waals surface area contributed by atoms with Gasteiger partial charge < -0.3 is 14.4 Å². The van der Waals surface area contributed by atoms with Crippen molar-refractivity contribution in [1.82, 2.24) is 10.2 Å². The van der Waals surface area contributed by atoms with Crippen LogP contribution in [0.5, 0.6) is 0 Å². The highest BCUT2D eigenvalue weighted by molar-refractivity contribution is 5.87. The third-order valence-corrected chi connectivity index (χ3v) is 3.31. The Labute approximate surface area is 124 Å². The van der Waals surface area contributed by atoms with Crippen molar-refractivity contribution in [2.24, 2.45) is 5.92 Å². The van der Waals surface area contributed by atoms with Gasteiger partial charge in [-0.2, -0.15) is 0 Å². The first kappa shape index (κ1) is 15.4. The van der Waals surface area contributed by atoms with Crippen molar-refractivity contribution in [2.45, 2.75) is 39.2 Å². The van der Waals surface area contributed by atoms with Crippen molar-refractivity contribution >= 4 is 18.1 Å². The molecule has 1 aromatic heterocycles. The number of carbonyl (C=O) groups excluding carboxylic acids is 2. The van der Waals surface area contributed by atoms with Crippen molar-refractivity contribution in [3.63, 3.8) is 0 Å². The number of hydrogen-bond donors (Lipinski definition) is 0. The number of esters is 1. The molecule has 1 aromatic rings. The largest absolute Gasteiger partial charge is 0.455 e. The molecule has 1 aliphatic heterocycles. The number of hydrogen-bond acceptors (Lipinski definition) is 6. The summed E-state index contributed by atoms with van der Waals surface area (Å²) in [4.78, 5) is 24.7. The SMILES string of the molecule is CC(C)(C)OC(=O)c1ccc(N2CCC(C=O)CC2)nn1. The molecule has 1 fully saturated rings. The van der Waals surface area contributed by atoms with Crippen LogP contribution in [0.2, 0.25) is 0 Å². The van der Waals surface area contributed by atoms with Crippen LogP contribution < -0.4 is 4.90 Å². The summed E-state index contributed by atoms with van der Waals surface area (Å²) in [6.45, 7) is 6.99. The van der Waals surface area contributed by atoms with E-state index in [9.17, 15) is 9.59 Å². The second-order valence-corrected chi connectivity index (χ2v) is 6.24. The summed E-state index contributed by atoms with van der Waals surface area (Å²) in [6, 6.07) is 3.40. The van der Waals surface area contributed by atoms with Crippen LogP contribution in [0, 0.1) is 5.92 Å². The molecule has 0 aliphatic carbocycles. The van der Waals surface area contributed by atoms with E-state index in [0.29, 0.717) is 0 Å². The van der Waals surface area contributed by atoms with Crippen molar-refractivity contribution in [2.75, 3.05) is 18.0 Å². The van der Waals surface area contributed by atoms with Crippen molar-refractivity contribution < 1.29 is 14.3 Å². The van der Waals surface area contributed by atoms with Gasteiger partial charge in [-0.15, -0.1) is 10.2 Å². The normalized spacial score (nSPS) is 16.6. The highest BCUT2D eigenvalue weighted by Crippen LogP contribution is 2.20. The third kappa shape index (κ3) is 4.24. The van der Waals surface area contributed by atoms with E-state index in [-0.39, 0.29) is 11.6 Å². The van der Waals surface area contributed by atoms with Gasteiger partial charge in [0.15, 0.2) is 11.5 Å². The van der Waals surface area contributed by atoms with Crippen LogP contribution in [-0.4, -0.2) is 41.1 Å². The Morgan fingerprint density at radius 1 is 1.29 bits per heavy atom. The maximum atomic E-state index is 11.9. The smallest absolute Gasteiger partial charge is 0.359 e. The molecule has 21 heavy (non-hydrogen) atoms. The van der Waals surface area contributed by atoms with E-state index in [4.69, 9.17) is 4.74 Å². The Bertz CT molecular complexity index is 500. The van der Waals surface area contributed by atoms with Gasteiger partial charge in [0.25, 0.3) is 0 Å². The summed E-state index contributed by atoms with van der Waals surface area (Å²) >= 11 is 0. The summed E-state index contributed by atoms with van der Waals surface area (Å²) in [7, 11) is 0. The maximum Gasteiger partial charge on any atom is 0.359 e. The summed E-state index contributed by atoms with van der Waals surface area (Å²) in [5.74, 6) is 0.406. The van der Waals surface area contributed by atoms with Gasteiger partial charge in [-0.3, -0.25) is 0 Å². The van der Waals surface area contributed by atoms with E-state index < -0.39 is 11.6 Å². The monoisotopic (exact) mass is 291 g/mol. The second-order valence-electron chi connectivity index (χ2n) is 6.24. The fraction of sp³-hybridized carbons (Fsp3) is 0.600. The number of nitrogens with zero attached hydrogens (tertiary/aromatic N) is 3. The van der Waals surface area contributed by atoms with Crippen molar-refractivity contribution in [3.8, 4) is 0 Å². The number of aldehydes is 1. The molecule has 1 saturated heterocycles. The minimum Gasteiger partial charge on any atom is -0.455 e. The lowest BCUT2D eigenvalue weighted by Crippen LogP contribution is -2.35. The van der Waals surface area contributed by atoms with Crippen LogP contribution in [0.1, 0.15) is 44.1 Å². The van der Waals surface area contributed by atoms with Crippen LogP contribution in [0.15, 0.2) is 12.1 Å². The lowest BCUT2D eigenvalue weighted by atomic mass is 9.99. The summed E-state index contributed by atoms with van der Waals surface area (Å²) < 4.78 is 5.24. The molecule has 0 atom stereocenters. The lowest BCUT2D eigenvalue weighted by molar-refractivity contribution is -0.111. The van der Waals surface area contributed by atoms with Crippen LogP contribution in [0.4, 0.5) is 5.82 Å². The lowest BCUT2D eigenvalue weighted by Gasteiger charge is -2.30. The van der Waals surface area contributed by atoms with E-state index >= 15 is 0 Å². The number of piperidine rings is 1. The predicted molar refractivity (Wildman–Crippen MR) is 78.2 cm³/mol. The molecule has 0 N–H and O–H groups in total. The van der Waals surface area contributed by atoms with E-state index in [1.54, 1.807) is 12.1 Å². The summed E-state index contributed by atoms with van der Waals surface area (Å²) in [5, 5.41) is 8.03. The van der Waals surface area contributed by atoms with Crippen LogP contribution in [0.3, 0.4) is 0 Å². The molecular weight excluding hydrogens is 270 g/mol. The van der Waals surface area contributed by atoms with Gasteiger partial charge >= 0.3 is 5.97 Å². The standard InChI is InChI=1S/C15H21N3O3/c1-15(2,3)21-14(20)12-4-5-13(17-16-12)18-8-6-11(10-19)7-9-18/h4-5,10-11H,6-9H2,1-3H3. The highest BCUT2D eigenvalue weighted by Gasteiger charge is 2.22. The number of rotatable bonds is 3. The molecule has 0 aromatic carbocycles. The van der Waals surface area contributed by atoms with Gasteiger partial charge in [-0.25, -0.2) is 4.79 Å². The van der Waals surface area contributed by atoms with Gasteiger partial charge in [0, 0.05) is 19.0 Å². The Balaban J connectivity index is 1.99. The number of carbonyl (C=O) groups is 2. The van der Waals surface area contributed by atoms with E-state index in [0.717, 1.165) is 38.0 Å². The third-order valence-electron chi connectivity index (χ3n) is 3.31. The topological polar surface area (TPSA) is 72.4 Å². The molecule has 2 heterocycles. The van der Waals surface area contributed by atoms with Gasteiger partial charge in [0.2, 0.25) is 0 Å². The first-order valence-corrected chi connectivity index (χ1v) is 7.16. The van der Waals surface area contributed by atoms with Crippen LogP contribution in [-0.2, 0) is 9.53 Å². The zero-order chi connectivity index (χ0) is 15.5. The zero-order valence-corrected chi connectivity index (χ0v) is 12.7. The molecule has 6 heteroatoms. The number of aromatic nitrogens is 2. The predicted octanol–water partition coefficient (Wildman–Crippen LogP) is 1.85. The molecule has 0 spiro atoms. The average Bonchev–Trinajstić information content (AvgIpc) is 2.46. The zero-order valence-electron chi connectivity index (χ0n) is 12.7. The molecule has 2 rings (SSSR count). The minimum absolute atomic E-state index is 0.148. The van der Waals surface area contributed by atoms with E-state index in [2.05, 4.69) is 15.1 Å². The Kier molecular flexibility index (Phi) is 4.55. The van der Waals surface area contributed by atoms with Crippen molar-refractivity contribution in [3.05, 3.63) is 17.8 Å². The average molecular weight is 291 g/mol. The Morgan fingerprint density at radius 2 is 1.95 bits per heavy atom. The fourth-order valence-electron chi connectivity index (χ4n) is 2.20. The fourth-order valence-corrected chi connectivity index (χ4v) is 2.20. The van der Waals surface area contributed by atoms with Crippen LogP contribution in [0.25, 0.3) is 0 Å². The molecule has 0 bridgehead atoms. The minimum atomic E-state index is -0.547. The first-order chi connectivity index (χ1) is 9.89. The van der Waals surface area contributed by atoms with E-state index in [1.165, 1.54) is 0 Å². The van der Waals surface area contributed by atoms with Gasteiger partial charge in [-0.05, 0) is 45.7 Å². The summed E-state index contributed by atoms with van der Waals surface area (Å²) in [6.07, 6.45) is 2.69. The van der Waals surface area contributed by atoms with E-state index in [1.807, 2.05) is 20.8 Å². The van der Waals surface area contributed by atoms with Gasteiger partial charge in [-0.1, -0.05) is 0 Å². The molecule has 0 saturated carbocycles. The maximum absolute atomic E-state index is 11.9. The number of anilines is 1. The molecule has 0 radical (unpaired) electrons. The molecule has 6 nitrogen and oxygen atoms in total. The van der Waals surface area contributed by atoms with Gasteiger partial charge in [0.05, 0.1) is 0 Å².